The van der Waals surface area contributed by atoms with Crippen LogP contribution in [0.4, 0.5) is 4.39 Å². The Labute approximate surface area is 89.3 Å². The fourth-order valence-corrected chi connectivity index (χ4v) is 2.23. The number of benzene rings is 1. The third-order valence-corrected chi connectivity index (χ3v) is 2.86. The minimum absolute atomic E-state index is 0.173. The molecule has 0 fully saturated rings. The minimum atomic E-state index is -0.403. The van der Waals surface area contributed by atoms with Crippen LogP contribution in [0.1, 0.15) is 29.5 Å². The van der Waals surface area contributed by atoms with E-state index in [0.29, 0.717) is 12.0 Å². The minimum Gasteiger partial charge on any atom is -0.389 e. The van der Waals surface area contributed by atoms with Crippen LogP contribution in [0.15, 0.2) is 18.2 Å². The predicted molar refractivity (Wildman–Crippen MR) is 59.1 cm³/mol. The largest absolute Gasteiger partial charge is 0.389 e. The molecule has 0 aliphatic heterocycles. The Bertz CT molecular complexity index is 398. The topological polar surface area (TPSA) is 20.2 Å². The highest BCUT2D eigenvalue weighted by molar-refractivity contribution is 5.71. The summed E-state index contributed by atoms with van der Waals surface area (Å²) in [6.45, 7) is 3.80. The maximum absolute atomic E-state index is 13.8. The zero-order valence-electron chi connectivity index (χ0n) is 9.05. The van der Waals surface area contributed by atoms with Crippen molar-refractivity contribution in [2.45, 2.75) is 32.8 Å². The van der Waals surface area contributed by atoms with Crippen LogP contribution in [0.25, 0.3) is 5.57 Å². The number of allylic oxidation sites excluding steroid dienone is 1. The van der Waals surface area contributed by atoms with Crippen molar-refractivity contribution in [3.05, 3.63) is 40.7 Å². The molecule has 1 aromatic carbocycles. The van der Waals surface area contributed by atoms with Gasteiger partial charge in [0, 0.05) is 5.56 Å². The first-order chi connectivity index (χ1) is 7.08. The molecule has 0 amide bonds. The van der Waals surface area contributed by atoms with Gasteiger partial charge in [-0.2, -0.15) is 0 Å². The Kier molecular flexibility index (Phi) is 2.61. The highest BCUT2D eigenvalue weighted by Crippen LogP contribution is 2.32. The van der Waals surface area contributed by atoms with Gasteiger partial charge in [0.25, 0.3) is 0 Å². The number of aryl methyl sites for hydroxylation is 2. The van der Waals surface area contributed by atoms with Crippen LogP contribution in [0, 0.1) is 19.7 Å². The summed E-state index contributed by atoms with van der Waals surface area (Å²) in [5.74, 6) is -0.173. The Hall–Kier alpha value is -1.15. The van der Waals surface area contributed by atoms with Crippen molar-refractivity contribution >= 4 is 5.57 Å². The van der Waals surface area contributed by atoms with E-state index in [-0.39, 0.29) is 5.82 Å². The molecule has 1 aliphatic rings. The van der Waals surface area contributed by atoms with E-state index in [1.807, 2.05) is 19.9 Å². The summed E-state index contributed by atoms with van der Waals surface area (Å²) in [4.78, 5) is 0. The number of halogens is 1. The third kappa shape index (κ3) is 1.95. The number of aliphatic hydroxyl groups excluding tert-OH is 1. The normalized spacial score (nSPS) is 20.5. The van der Waals surface area contributed by atoms with Gasteiger partial charge in [-0.15, -0.1) is 0 Å². The van der Waals surface area contributed by atoms with Gasteiger partial charge in [0.05, 0.1) is 6.10 Å². The molecule has 15 heavy (non-hydrogen) atoms. The molecule has 80 valence electrons. The molecule has 1 atom stereocenters. The molecule has 0 spiro atoms. The molecule has 1 unspecified atom stereocenters. The van der Waals surface area contributed by atoms with Crippen LogP contribution >= 0.6 is 0 Å². The number of aliphatic hydroxyl groups is 1. The standard InChI is InChI=1S/C13H15FO/c1-8-5-9(2)13(12(14)6-8)10-3-4-11(15)7-10/h5-7,11,15H,3-4H2,1-2H3. The van der Waals surface area contributed by atoms with Gasteiger partial charge in [0.2, 0.25) is 0 Å². The summed E-state index contributed by atoms with van der Waals surface area (Å²) in [7, 11) is 0. The summed E-state index contributed by atoms with van der Waals surface area (Å²) in [5.41, 5.74) is 3.51. The molecular weight excluding hydrogens is 191 g/mol. The smallest absolute Gasteiger partial charge is 0.131 e. The van der Waals surface area contributed by atoms with Gasteiger partial charge in [-0.3, -0.25) is 0 Å². The van der Waals surface area contributed by atoms with Gasteiger partial charge in [-0.1, -0.05) is 12.1 Å². The Balaban J connectivity index is 2.49. The van der Waals surface area contributed by atoms with Crippen molar-refractivity contribution < 1.29 is 9.50 Å². The van der Waals surface area contributed by atoms with E-state index < -0.39 is 6.10 Å². The van der Waals surface area contributed by atoms with Crippen LogP contribution in [0.3, 0.4) is 0 Å². The van der Waals surface area contributed by atoms with Crippen molar-refractivity contribution in [1.29, 1.82) is 0 Å². The molecule has 1 nitrogen and oxygen atoms in total. The zero-order chi connectivity index (χ0) is 11.0. The number of rotatable bonds is 1. The van der Waals surface area contributed by atoms with E-state index in [9.17, 15) is 9.50 Å². The average Bonchev–Trinajstić information content (AvgIpc) is 2.49. The van der Waals surface area contributed by atoms with Gasteiger partial charge >= 0.3 is 0 Å². The second kappa shape index (κ2) is 3.78. The molecule has 0 heterocycles. The third-order valence-electron chi connectivity index (χ3n) is 2.86. The molecule has 0 radical (unpaired) electrons. The molecule has 0 saturated carbocycles. The Morgan fingerprint density at radius 2 is 2.07 bits per heavy atom. The molecule has 1 aromatic rings. The second-order valence-corrected chi connectivity index (χ2v) is 4.24. The summed E-state index contributed by atoms with van der Waals surface area (Å²) in [6, 6.07) is 3.53. The van der Waals surface area contributed by atoms with Gasteiger partial charge in [0.1, 0.15) is 5.82 Å². The number of hydrogen-bond acceptors (Lipinski definition) is 1. The monoisotopic (exact) mass is 206 g/mol. The van der Waals surface area contributed by atoms with Gasteiger partial charge in [-0.05, 0) is 49.5 Å². The van der Waals surface area contributed by atoms with Crippen LogP contribution in [0.5, 0.6) is 0 Å². The van der Waals surface area contributed by atoms with E-state index in [2.05, 4.69) is 0 Å². The second-order valence-electron chi connectivity index (χ2n) is 4.24. The molecule has 0 aromatic heterocycles. The average molecular weight is 206 g/mol. The lowest BCUT2D eigenvalue weighted by Crippen LogP contribution is -1.94. The molecule has 2 heteroatoms. The SMILES string of the molecule is Cc1cc(C)c(C2=CC(O)CC2)c(F)c1. The summed E-state index contributed by atoms with van der Waals surface area (Å²) in [5, 5.41) is 9.40. The van der Waals surface area contributed by atoms with Crippen molar-refractivity contribution in [2.24, 2.45) is 0 Å². The first-order valence-corrected chi connectivity index (χ1v) is 5.24. The first-order valence-electron chi connectivity index (χ1n) is 5.24. The van der Waals surface area contributed by atoms with Gasteiger partial charge < -0.3 is 5.11 Å². The van der Waals surface area contributed by atoms with Crippen molar-refractivity contribution in [3.8, 4) is 0 Å². The Morgan fingerprint density at radius 3 is 2.60 bits per heavy atom. The molecule has 1 N–H and O–H groups in total. The predicted octanol–water partition coefficient (Wildman–Crippen LogP) is 2.98. The first kappa shape index (κ1) is 10.4. The maximum Gasteiger partial charge on any atom is 0.131 e. The van der Waals surface area contributed by atoms with Crippen molar-refractivity contribution in [3.63, 3.8) is 0 Å². The van der Waals surface area contributed by atoms with E-state index in [4.69, 9.17) is 0 Å². The van der Waals surface area contributed by atoms with Gasteiger partial charge in [0.15, 0.2) is 0 Å². The molecule has 0 saturated heterocycles. The summed E-state index contributed by atoms with van der Waals surface area (Å²) < 4.78 is 13.8. The quantitative estimate of drug-likeness (QED) is 0.749. The van der Waals surface area contributed by atoms with E-state index in [0.717, 1.165) is 23.1 Å². The van der Waals surface area contributed by atoms with E-state index in [1.165, 1.54) is 0 Å². The van der Waals surface area contributed by atoms with Crippen molar-refractivity contribution in [1.82, 2.24) is 0 Å². The highest BCUT2D eigenvalue weighted by atomic mass is 19.1. The van der Waals surface area contributed by atoms with Gasteiger partial charge in [-0.25, -0.2) is 4.39 Å². The van der Waals surface area contributed by atoms with E-state index in [1.54, 1.807) is 12.1 Å². The van der Waals surface area contributed by atoms with Crippen LogP contribution < -0.4 is 0 Å². The zero-order valence-corrected chi connectivity index (χ0v) is 9.05. The van der Waals surface area contributed by atoms with Crippen LogP contribution in [-0.2, 0) is 0 Å². The fourth-order valence-electron chi connectivity index (χ4n) is 2.23. The summed E-state index contributed by atoms with van der Waals surface area (Å²) in [6.07, 6.45) is 2.84. The highest BCUT2D eigenvalue weighted by Gasteiger charge is 2.18. The lowest BCUT2D eigenvalue weighted by molar-refractivity contribution is 0.223. The van der Waals surface area contributed by atoms with E-state index >= 15 is 0 Å². The number of hydrogen-bond donors (Lipinski definition) is 1. The lowest BCUT2D eigenvalue weighted by Gasteiger charge is -2.09. The molecule has 2 rings (SSSR count). The maximum atomic E-state index is 13.8. The molecule has 0 bridgehead atoms. The van der Waals surface area contributed by atoms with Crippen LogP contribution in [0.2, 0.25) is 0 Å². The molecular formula is C13H15FO. The Morgan fingerprint density at radius 1 is 1.33 bits per heavy atom. The van der Waals surface area contributed by atoms with Crippen molar-refractivity contribution in [2.75, 3.05) is 0 Å². The summed E-state index contributed by atoms with van der Waals surface area (Å²) >= 11 is 0. The fraction of sp³-hybridized carbons (Fsp3) is 0.385. The molecule has 1 aliphatic carbocycles. The lowest BCUT2D eigenvalue weighted by atomic mass is 9.97. The van der Waals surface area contributed by atoms with Crippen LogP contribution in [-0.4, -0.2) is 11.2 Å².